The summed E-state index contributed by atoms with van der Waals surface area (Å²) in [4.78, 5) is 25.8. The second-order valence-corrected chi connectivity index (χ2v) is 8.33. The Morgan fingerprint density at radius 2 is 1.59 bits per heavy atom. The lowest BCUT2D eigenvalue weighted by Crippen LogP contribution is -2.39. The SMILES string of the molecule is O=C(C=CC(=O)N1CCOCC1)Nc1ccc(S(=O)(=O)N2CCCC2)cc1. The van der Waals surface area contributed by atoms with Crippen LogP contribution in [0.5, 0.6) is 0 Å². The third-order valence-corrected chi connectivity index (χ3v) is 6.44. The zero-order chi connectivity index (χ0) is 19.3. The second kappa shape index (κ2) is 8.64. The fourth-order valence-electron chi connectivity index (χ4n) is 3.01. The van der Waals surface area contributed by atoms with Gasteiger partial charge < -0.3 is 15.0 Å². The summed E-state index contributed by atoms with van der Waals surface area (Å²) in [5, 5.41) is 2.62. The second-order valence-electron chi connectivity index (χ2n) is 6.40. The van der Waals surface area contributed by atoms with Gasteiger partial charge in [-0.25, -0.2) is 8.42 Å². The predicted molar refractivity (Wildman–Crippen MR) is 99.6 cm³/mol. The molecule has 2 aliphatic heterocycles. The highest BCUT2D eigenvalue weighted by Crippen LogP contribution is 2.22. The number of ether oxygens (including phenoxy) is 1. The average molecular weight is 393 g/mol. The number of rotatable bonds is 5. The molecule has 2 saturated heterocycles. The Kier molecular flexibility index (Phi) is 6.25. The predicted octanol–water partition coefficient (Wildman–Crippen LogP) is 0.825. The first-order valence-corrected chi connectivity index (χ1v) is 10.4. The fraction of sp³-hybridized carbons (Fsp3) is 0.444. The van der Waals surface area contributed by atoms with Crippen molar-refractivity contribution in [2.45, 2.75) is 17.7 Å². The first-order chi connectivity index (χ1) is 13.0. The largest absolute Gasteiger partial charge is 0.378 e. The minimum atomic E-state index is -3.47. The van der Waals surface area contributed by atoms with Crippen molar-refractivity contribution in [2.75, 3.05) is 44.7 Å². The molecule has 1 N–H and O–H groups in total. The molecule has 0 spiro atoms. The van der Waals surface area contributed by atoms with Crippen LogP contribution in [-0.2, 0) is 24.3 Å². The molecule has 2 heterocycles. The summed E-state index contributed by atoms with van der Waals surface area (Å²) in [5.74, 6) is -0.688. The van der Waals surface area contributed by atoms with Gasteiger partial charge in [0.1, 0.15) is 0 Å². The number of anilines is 1. The maximum Gasteiger partial charge on any atom is 0.248 e. The number of amides is 2. The van der Waals surface area contributed by atoms with Crippen LogP contribution in [0.25, 0.3) is 0 Å². The van der Waals surface area contributed by atoms with E-state index in [-0.39, 0.29) is 10.8 Å². The minimum absolute atomic E-state index is 0.209. The lowest BCUT2D eigenvalue weighted by Gasteiger charge is -2.25. The van der Waals surface area contributed by atoms with Crippen LogP contribution >= 0.6 is 0 Å². The zero-order valence-corrected chi connectivity index (χ0v) is 15.8. The number of morpholine rings is 1. The number of sulfonamides is 1. The van der Waals surface area contributed by atoms with E-state index in [9.17, 15) is 18.0 Å². The number of carbonyl (C=O) groups excluding carboxylic acids is 2. The fourth-order valence-corrected chi connectivity index (χ4v) is 4.52. The summed E-state index contributed by atoms with van der Waals surface area (Å²) in [7, 11) is -3.47. The van der Waals surface area contributed by atoms with E-state index in [0.29, 0.717) is 45.1 Å². The number of carbonyl (C=O) groups is 2. The molecule has 1 aromatic rings. The van der Waals surface area contributed by atoms with Crippen molar-refractivity contribution in [1.29, 1.82) is 0 Å². The Morgan fingerprint density at radius 1 is 0.963 bits per heavy atom. The van der Waals surface area contributed by atoms with Crippen molar-refractivity contribution in [2.24, 2.45) is 0 Å². The van der Waals surface area contributed by atoms with Crippen molar-refractivity contribution in [3.8, 4) is 0 Å². The number of benzene rings is 1. The molecule has 8 nitrogen and oxygen atoms in total. The molecule has 146 valence electrons. The van der Waals surface area contributed by atoms with Crippen LogP contribution in [0.2, 0.25) is 0 Å². The van der Waals surface area contributed by atoms with Gasteiger partial charge in [0.2, 0.25) is 21.8 Å². The monoisotopic (exact) mass is 393 g/mol. The average Bonchev–Trinajstić information content (AvgIpc) is 3.23. The molecule has 0 unspecified atom stereocenters. The molecule has 0 saturated carbocycles. The molecule has 1 aromatic carbocycles. The van der Waals surface area contributed by atoms with E-state index >= 15 is 0 Å². The van der Waals surface area contributed by atoms with Crippen LogP contribution in [0.3, 0.4) is 0 Å². The molecule has 0 atom stereocenters. The molecule has 0 aromatic heterocycles. The number of nitrogens with zero attached hydrogens (tertiary/aromatic N) is 2. The molecule has 0 bridgehead atoms. The van der Waals surface area contributed by atoms with Crippen molar-refractivity contribution >= 4 is 27.5 Å². The molecule has 2 amide bonds. The van der Waals surface area contributed by atoms with Gasteiger partial charge in [-0.1, -0.05) is 0 Å². The number of hydrogen-bond donors (Lipinski definition) is 1. The van der Waals surface area contributed by atoms with E-state index in [1.807, 2.05) is 0 Å². The Morgan fingerprint density at radius 3 is 2.22 bits per heavy atom. The van der Waals surface area contributed by atoms with E-state index in [1.165, 1.54) is 28.6 Å². The highest BCUT2D eigenvalue weighted by molar-refractivity contribution is 7.89. The molecule has 2 aliphatic rings. The summed E-state index contributed by atoms with van der Waals surface area (Å²) in [5.41, 5.74) is 0.462. The van der Waals surface area contributed by atoms with Crippen LogP contribution in [0.15, 0.2) is 41.3 Å². The summed E-state index contributed by atoms with van der Waals surface area (Å²) in [6.45, 7) is 3.11. The summed E-state index contributed by atoms with van der Waals surface area (Å²) in [6, 6.07) is 6.04. The van der Waals surface area contributed by atoms with Gasteiger partial charge in [-0.3, -0.25) is 9.59 Å². The molecule has 3 rings (SSSR count). The topological polar surface area (TPSA) is 96.0 Å². The normalized spacial score (nSPS) is 18.7. The van der Waals surface area contributed by atoms with Gasteiger partial charge >= 0.3 is 0 Å². The summed E-state index contributed by atoms with van der Waals surface area (Å²) in [6.07, 6.45) is 4.16. The lowest BCUT2D eigenvalue weighted by atomic mass is 10.3. The maximum atomic E-state index is 12.5. The Balaban J connectivity index is 1.56. The van der Waals surface area contributed by atoms with E-state index in [0.717, 1.165) is 12.8 Å². The standard InChI is InChI=1S/C18H23N3O5S/c22-17(7-8-18(23)20-11-13-26-14-12-20)19-15-3-5-16(6-4-15)27(24,25)21-9-1-2-10-21/h3-8H,1-2,9-14H2,(H,19,22). The van der Waals surface area contributed by atoms with Crippen molar-refractivity contribution in [1.82, 2.24) is 9.21 Å². The molecule has 0 aliphatic carbocycles. The van der Waals surface area contributed by atoms with E-state index < -0.39 is 15.9 Å². The lowest BCUT2D eigenvalue weighted by molar-refractivity contribution is -0.130. The van der Waals surface area contributed by atoms with Crippen molar-refractivity contribution in [3.63, 3.8) is 0 Å². The third-order valence-electron chi connectivity index (χ3n) is 4.52. The Bertz CT molecular complexity index is 808. The van der Waals surface area contributed by atoms with Gasteiger partial charge in [0.05, 0.1) is 18.1 Å². The van der Waals surface area contributed by atoms with Crippen molar-refractivity contribution < 1.29 is 22.7 Å². The Hall–Kier alpha value is -2.23. The Labute approximate surface area is 158 Å². The zero-order valence-electron chi connectivity index (χ0n) is 15.0. The molecule has 0 radical (unpaired) electrons. The van der Waals surface area contributed by atoms with Crippen LogP contribution in [0, 0.1) is 0 Å². The highest BCUT2D eigenvalue weighted by atomic mass is 32.2. The van der Waals surface area contributed by atoms with Gasteiger partial charge in [-0.05, 0) is 37.1 Å². The van der Waals surface area contributed by atoms with Gasteiger partial charge in [-0.2, -0.15) is 4.31 Å². The first-order valence-electron chi connectivity index (χ1n) is 8.93. The summed E-state index contributed by atoms with van der Waals surface area (Å²) < 4.78 is 31.6. The van der Waals surface area contributed by atoms with E-state index in [1.54, 1.807) is 17.0 Å². The van der Waals surface area contributed by atoms with Gasteiger partial charge in [0, 0.05) is 44.0 Å². The van der Waals surface area contributed by atoms with Crippen LogP contribution in [-0.4, -0.2) is 68.8 Å². The quantitative estimate of drug-likeness (QED) is 0.748. The van der Waals surface area contributed by atoms with Crippen molar-refractivity contribution in [3.05, 3.63) is 36.4 Å². The molecule has 9 heteroatoms. The van der Waals surface area contributed by atoms with Crippen LogP contribution in [0.1, 0.15) is 12.8 Å². The van der Waals surface area contributed by atoms with E-state index in [2.05, 4.69) is 5.32 Å². The molecule has 27 heavy (non-hydrogen) atoms. The molecular weight excluding hydrogens is 370 g/mol. The van der Waals surface area contributed by atoms with Crippen LogP contribution in [0.4, 0.5) is 5.69 Å². The third kappa shape index (κ3) is 4.94. The summed E-state index contributed by atoms with van der Waals surface area (Å²) >= 11 is 0. The van der Waals surface area contributed by atoms with Gasteiger partial charge in [0.25, 0.3) is 0 Å². The van der Waals surface area contributed by atoms with E-state index in [4.69, 9.17) is 4.74 Å². The van der Waals surface area contributed by atoms with Gasteiger partial charge in [-0.15, -0.1) is 0 Å². The highest BCUT2D eigenvalue weighted by Gasteiger charge is 2.26. The van der Waals surface area contributed by atoms with Crippen LogP contribution < -0.4 is 5.32 Å². The molecular formula is C18H23N3O5S. The smallest absolute Gasteiger partial charge is 0.248 e. The van der Waals surface area contributed by atoms with Gasteiger partial charge in [0.15, 0.2) is 0 Å². The molecule has 2 fully saturated rings. The maximum absolute atomic E-state index is 12.5. The number of hydrogen-bond acceptors (Lipinski definition) is 5. The number of nitrogens with one attached hydrogen (secondary N) is 1. The minimum Gasteiger partial charge on any atom is -0.378 e. The first kappa shape index (κ1) is 19.5.